The Morgan fingerprint density at radius 2 is 1.96 bits per heavy atom. The maximum absolute atomic E-state index is 12.8. The minimum absolute atomic E-state index is 0.0148. The van der Waals surface area contributed by atoms with Crippen molar-refractivity contribution in [3.05, 3.63) is 66.4 Å². The number of pyridine rings is 1. The number of anilines is 2. The highest BCUT2D eigenvalue weighted by Gasteiger charge is 2.35. The molecule has 0 saturated carbocycles. The average molecular weight is 359 g/mol. The van der Waals surface area contributed by atoms with Crippen molar-refractivity contribution >= 4 is 34.1 Å². The van der Waals surface area contributed by atoms with E-state index < -0.39 is 0 Å². The number of hydrogen-bond donors (Lipinski definition) is 1. The van der Waals surface area contributed by atoms with Gasteiger partial charge in [0.15, 0.2) is 0 Å². The molecule has 0 radical (unpaired) electrons. The van der Waals surface area contributed by atoms with Crippen LogP contribution in [0.1, 0.15) is 18.9 Å². The number of nitrogens with one attached hydrogen (secondary N) is 1. The lowest BCUT2D eigenvalue weighted by Crippen LogP contribution is -2.28. The number of hydrogen-bond acceptors (Lipinski definition) is 3. The summed E-state index contributed by atoms with van der Waals surface area (Å²) in [5.74, 6) is -0.512. The normalized spacial score (nSPS) is 16.7. The van der Waals surface area contributed by atoms with E-state index in [1.54, 1.807) is 11.1 Å². The standard InChI is InChI=1S/C22H21N3O2/c1-2-15-8-10-17(11-9-15)25-14-16(13-21(25)26)22(27)24-20-7-3-6-19-18(20)5-4-12-23-19/h3-12,16H,2,13-14H2,1H3,(H,24,27). The maximum Gasteiger partial charge on any atom is 0.229 e. The van der Waals surface area contributed by atoms with E-state index >= 15 is 0 Å². The lowest BCUT2D eigenvalue weighted by Gasteiger charge is -2.17. The highest BCUT2D eigenvalue weighted by molar-refractivity contribution is 6.06. The van der Waals surface area contributed by atoms with Crippen molar-refractivity contribution in [3.8, 4) is 0 Å². The van der Waals surface area contributed by atoms with Crippen molar-refractivity contribution in [1.82, 2.24) is 4.98 Å². The van der Waals surface area contributed by atoms with Gasteiger partial charge in [0.1, 0.15) is 0 Å². The topological polar surface area (TPSA) is 62.3 Å². The van der Waals surface area contributed by atoms with Crippen LogP contribution in [0.3, 0.4) is 0 Å². The summed E-state index contributed by atoms with van der Waals surface area (Å²) >= 11 is 0. The number of rotatable bonds is 4. The van der Waals surface area contributed by atoms with Gasteiger partial charge in [-0.2, -0.15) is 0 Å². The first kappa shape index (κ1) is 17.2. The third-order valence-electron chi connectivity index (χ3n) is 5.06. The molecule has 1 aliphatic heterocycles. The molecule has 2 heterocycles. The first-order chi connectivity index (χ1) is 13.2. The zero-order chi connectivity index (χ0) is 18.8. The zero-order valence-corrected chi connectivity index (χ0v) is 15.2. The van der Waals surface area contributed by atoms with E-state index in [9.17, 15) is 9.59 Å². The Bertz CT molecular complexity index is 993. The molecular formula is C22H21N3O2. The second-order valence-electron chi connectivity index (χ2n) is 6.79. The third kappa shape index (κ3) is 3.40. The molecular weight excluding hydrogens is 338 g/mol. The van der Waals surface area contributed by atoms with Crippen LogP contribution in [0, 0.1) is 5.92 Å². The molecule has 0 aliphatic carbocycles. The molecule has 1 aliphatic rings. The van der Waals surface area contributed by atoms with E-state index in [4.69, 9.17) is 0 Å². The Hall–Kier alpha value is -3.21. The molecule has 1 aromatic heterocycles. The smallest absolute Gasteiger partial charge is 0.229 e. The molecule has 5 nitrogen and oxygen atoms in total. The van der Waals surface area contributed by atoms with Crippen molar-refractivity contribution < 1.29 is 9.59 Å². The molecule has 136 valence electrons. The fourth-order valence-corrected chi connectivity index (χ4v) is 3.49. The minimum atomic E-state index is -0.365. The van der Waals surface area contributed by atoms with Gasteiger partial charge in [0.2, 0.25) is 11.8 Å². The summed E-state index contributed by atoms with van der Waals surface area (Å²) in [6.07, 6.45) is 2.91. The lowest BCUT2D eigenvalue weighted by molar-refractivity contribution is -0.122. The number of carbonyl (C=O) groups excluding carboxylic acids is 2. The summed E-state index contributed by atoms with van der Waals surface area (Å²) < 4.78 is 0. The van der Waals surface area contributed by atoms with Gasteiger partial charge in [-0.15, -0.1) is 0 Å². The summed E-state index contributed by atoms with van der Waals surface area (Å²) in [6, 6.07) is 17.4. The first-order valence-electron chi connectivity index (χ1n) is 9.19. The predicted octanol–water partition coefficient (Wildman–Crippen LogP) is 3.79. The predicted molar refractivity (Wildman–Crippen MR) is 107 cm³/mol. The summed E-state index contributed by atoms with van der Waals surface area (Å²) in [5.41, 5.74) is 3.63. The van der Waals surface area contributed by atoms with Crippen molar-refractivity contribution in [2.45, 2.75) is 19.8 Å². The molecule has 1 saturated heterocycles. The Labute approximate surface area is 158 Å². The van der Waals surface area contributed by atoms with Gasteiger partial charge in [0.25, 0.3) is 0 Å². The molecule has 2 amide bonds. The molecule has 5 heteroatoms. The van der Waals surface area contributed by atoms with E-state index in [-0.39, 0.29) is 24.2 Å². The molecule has 1 N–H and O–H groups in total. The lowest BCUT2D eigenvalue weighted by atomic mass is 10.1. The molecule has 1 atom stereocenters. The second kappa shape index (κ2) is 7.19. The number of nitrogens with zero attached hydrogens (tertiary/aromatic N) is 2. The summed E-state index contributed by atoms with van der Waals surface area (Å²) in [4.78, 5) is 31.2. The number of aromatic nitrogens is 1. The number of amides is 2. The quantitative estimate of drug-likeness (QED) is 0.771. The largest absolute Gasteiger partial charge is 0.325 e. The van der Waals surface area contributed by atoms with E-state index in [2.05, 4.69) is 17.2 Å². The van der Waals surface area contributed by atoms with Gasteiger partial charge in [-0.25, -0.2) is 0 Å². The SMILES string of the molecule is CCc1ccc(N2CC(C(=O)Nc3cccc4ncccc34)CC2=O)cc1. The van der Waals surface area contributed by atoms with Crippen LogP contribution >= 0.6 is 0 Å². The minimum Gasteiger partial charge on any atom is -0.325 e. The van der Waals surface area contributed by atoms with Crippen LogP contribution in [0.4, 0.5) is 11.4 Å². The van der Waals surface area contributed by atoms with Crippen molar-refractivity contribution in [2.75, 3.05) is 16.8 Å². The molecule has 4 rings (SSSR count). The molecule has 27 heavy (non-hydrogen) atoms. The van der Waals surface area contributed by atoms with Crippen molar-refractivity contribution in [1.29, 1.82) is 0 Å². The van der Waals surface area contributed by atoms with Gasteiger partial charge in [0.05, 0.1) is 17.1 Å². The number of aryl methyl sites for hydroxylation is 1. The number of fused-ring (bicyclic) bond motifs is 1. The van der Waals surface area contributed by atoms with E-state index in [1.807, 2.05) is 54.6 Å². The summed E-state index contributed by atoms with van der Waals surface area (Å²) in [6.45, 7) is 2.50. The van der Waals surface area contributed by atoms with Gasteiger partial charge >= 0.3 is 0 Å². The average Bonchev–Trinajstić information content (AvgIpc) is 3.10. The second-order valence-corrected chi connectivity index (χ2v) is 6.79. The fourth-order valence-electron chi connectivity index (χ4n) is 3.49. The molecule has 0 bridgehead atoms. The van der Waals surface area contributed by atoms with Crippen LogP contribution in [0.2, 0.25) is 0 Å². The molecule has 3 aromatic rings. The van der Waals surface area contributed by atoms with Gasteiger partial charge in [-0.05, 0) is 48.4 Å². The summed E-state index contributed by atoms with van der Waals surface area (Å²) in [5, 5.41) is 3.87. The maximum atomic E-state index is 12.8. The van der Waals surface area contributed by atoms with Crippen LogP contribution in [0.5, 0.6) is 0 Å². The Morgan fingerprint density at radius 1 is 1.15 bits per heavy atom. The van der Waals surface area contributed by atoms with E-state index in [0.717, 1.165) is 28.7 Å². The highest BCUT2D eigenvalue weighted by atomic mass is 16.2. The van der Waals surface area contributed by atoms with Gasteiger partial charge < -0.3 is 10.2 Å². The Kier molecular flexibility index (Phi) is 4.59. The molecule has 1 unspecified atom stereocenters. The Balaban J connectivity index is 1.50. The van der Waals surface area contributed by atoms with E-state index in [1.165, 1.54) is 5.56 Å². The van der Waals surface area contributed by atoms with Crippen LogP contribution in [-0.4, -0.2) is 23.3 Å². The third-order valence-corrected chi connectivity index (χ3v) is 5.06. The number of benzene rings is 2. The molecule has 1 fully saturated rings. The van der Waals surface area contributed by atoms with Crippen LogP contribution in [0.25, 0.3) is 10.9 Å². The van der Waals surface area contributed by atoms with Gasteiger partial charge in [0, 0.05) is 30.2 Å². The van der Waals surface area contributed by atoms with Gasteiger partial charge in [-0.1, -0.05) is 25.1 Å². The van der Waals surface area contributed by atoms with Gasteiger partial charge in [-0.3, -0.25) is 14.6 Å². The fraction of sp³-hybridized carbons (Fsp3) is 0.227. The van der Waals surface area contributed by atoms with Crippen LogP contribution in [0.15, 0.2) is 60.8 Å². The first-order valence-corrected chi connectivity index (χ1v) is 9.19. The molecule has 0 spiro atoms. The van der Waals surface area contributed by atoms with Crippen molar-refractivity contribution in [3.63, 3.8) is 0 Å². The number of carbonyl (C=O) groups is 2. The monoisotopic (exact) mass is 359 g/mol. The van der Waals surface area contributed by atoms with E-state index in [0.29, 0.717) is 6.54 Å². The Morgan fingerprint density at radius 3 is 2.74 bits per heavy atom. The highest BCUT2D eigenvalue weighted by Crippen LogP contribution is 2.28. The zero-order valence-electron chi connectivity index (χ0n) is 15.2. The molecule has 2 aromatic carbocycles. The van der Waals surface area contributed by atoms with Crippen LogP contribution in [-0.2, 0) is 16.0 Å². The summed E-state index contributed by atoms with van der Waals surface area (Å²) in [7, 11) is 0. The van der Waals surface area contributed by atoms with Crippen molar-refractivity contribution in [2.24, 2.45) is 5.92 Å². The van der Waals surface area contributed by atoms with Crippen LogP contribution < -0.4 is 10.2 Å².